The molecule has 2 unspecified atom stereocenters. The molecule has 1 saturated heterocycles. The second-order valence-electron chi connectivity index (χ2n) is 5.52. The first-order chi connectivity index (χ1) is 7.69. The van der Waals surface area contributed by atoms with E-state index in [9.17, 15) is 0 Å². The molecule has 16 heavy (non-hydrogen) atoms. The molecule has 0 amide bonds. The Morgan fingerprint density at radius 3 is 2.50 bits per heavy atom. The normalized spacial score (nSPS) is 24.0. The van der Waals surface area contributed by atoms with E-state index in [-0.39, 0.29) is 0 Å². The fourth-order valence-corrected chi connectivity index (χ4v) is 3.06. The second kappa shape index (κ2) is 7.29. The highest BCUT2D eigenvalue weighted by Gasteiger charge is 2.22. The molecule has 1 aliphatic heterocycles. The maximum absolute atomic E-state index is 3.52. The van der Waals surface area contributed by atoms with E-state index < -0.39 is 0 Å². The quantitative estimate of drug-likeness (QED) is 0.749. The number of piperidine rings is 1. The van der Waals surface area contributed by atoms with Gasteiger partial charge in [-0.3, -0.25) is 0 Å². The summed E-state index contributed by atoms with van der Waals surface area (Å²) in [5, 5.41) is 3.52. The van der Waals surface area contributed by atoms with Gasteiger partial charge in [-0.15, -0.1) is 0 Å². The first-order valence-corrected chi connectivity index (χ1v) is 7.13. The molecule has 0 aromatic rings. The van der Waals surface area contributed by atoms with Gasteiger partial charge in [-0.2, -0.15) is 0 Å². The fraction of sp³-hybridized carbons (Fsp3) is 1.00. The van der Waals surface area contributed by atoms with Crippen LogP contribution in [0.2, 0.25) is 0 Å². The minimum absolute atomic E-state index is 0.770. The van der Waals surface area contributed by atoms with E-state index in [1.165, 1.54) is 45.4 Å². The van der Waals surface area contributed by atoms with E-state index >= 15 is 0 Å². The summed E-state index contributed by atoms with van der Waals surface area (Å²) in [5.74, 6) is 1.66. The molecule has 0 aliphatic carbocycles. The molecule has 1 heterocycles. The van der Waals surface area contributed by atoms with Gasteiger partial charge in [0.2, 0.25) is 0 Å². The molecule has 1 aliphatic rings. The molecule has 2 nitrogen and oxygen atoms in total. The van der Waals surface area contributed by atoms with Crippen molar-refractivity contribution in [2.75, 3.05) is 26.2 Å². The monoisotopic (exact) mass is 226 g/mol. The number of hydrogen-bond acceptors (Lipinski definition) is 2. The van der Waals surface area contributed by atoms with Gasteiger partial charge in [-0.05, 0) is 50.7 Å². The lowest BCUT2D eigenvalue weighted by Crippen LogP contribution is -2.44. The minimum atomic E-state index is 0.770. The van der Waals surface area contributed by atoms with Crippen LogP contribution in [0.4, 0.5) is 0 Å². The molecule has 1 rings (SSSR count). The lowest BCUT2D eigenvalue weighted by atomic mass is 9.95. The predicted molar refractivity (Wildman–Crippen MR) is 71.8 cm³/mol. The fourth-order valence-electron chi connectivity index (χ4n) is 3.06. The van der Waals surface area contributed by atoms with Crippen molar-refractivity contribution < 1.29 is 0 Å². The van der Waals surface area contributed by atoms with Crippen molar-refractivity contribution in [3.8, 4) is 0 Å². The Bertz CT molecular complexity index is 174. The Labute approximate surface area is 102 Å². The van der Waals surface area contributed by atoms with Crippen LogP contribution < -0.4 is 5.32 Å². The van der Waals surface area contributed by atoms with Crippen molar-refractivity contribution in [2.24, 2.45) is 11.8 Å². The minimum Gasteiger partial charge on any atom is -0.316 e. The van der Waals surface area contributed by atoms with Crippen LogP contribution in [-0.2, 0) is 0 Å². The van der Waals surface area contributed by atoms with Gasteiger partial charge in [0.25, 0.3) is 0 Å². The highest BCUT2D eigenvalue weighted by molar-refractivity contribution is 4.78. The molecular weight excluding hydrogens is 196 g/mol. The molecule has 0 bridgehead atoms. The number of hydrogen-bond donors (Lipinski definition) is 1. The highest BCUT2D eigenvalue weighted by atomic mass is 15.2. The van der Waals surface area contributed by atoms with Crippen LogP contribution in [0.15, 0.2) is 0 Å². The zero-order valence-corrected chi connectivity index (χ0v) is 11.6. The molecule has 2 atom stereocenters. The van der Waals surface area contributed by atoms with Crippen LogP contribution in [0.3, 0.4) is 0 Å². The van der Waals surface area contributed by atoms with Crippen molar-refractivity contribution in [1.82, 2.24) is 10.2 Å². The van der Waals surface area contributed by atoms with Crippen LogP contribution in [-0.4, -0.2) is 37.1 Å². The molecule has 2 heteroatoms. The average Bonchev–Trinajstić information content (AvgIpc) is 2.29. The summed E-state index contributed by atoms with van der Waals surface area (Å²) in [6.45, 7) is 14.3. The van der Waals surface area contributed by atoms with Crippen molar-refractivity contribution in [3.63, 3.8) is 0 Å². The van der Waals surface area contributed by atoms with Crippen LogP contribution in [0.25, 0.3) is 0 Å². The van der Waals surface area contributed by atoms with E-state index in [4.69, 9.17) is 0 Å². The first-order valence-electron chi connectivity index (χ1n) is 7.13. The van der Waals surface area contributed by atoms with Crippen LogP contribution in [0, 0.1) is 11.8 Å². The van der Waals surface area contributed by atoms with Gasteiger partial charge in [0.15, 0.2) is 0 Å². The molecule has 0 spiro atoms. The Morgan fingerprint density at radius 1 is 1.31 bits per heavy atom. The summed E-state index contributed by atoms with van der Waals surface area (Å²) in [4.78, 5) is 2.70. The van der Waals surface area contributed by atoms with Crippen molar-refractivity contribution >= 4 is 0 Å². The standard InChI is InChI=1S/C14H30N2/c1-5-14(12(3)4)16(6-2)11-13-8-7-9-15-10-13/h12-15H,5-11H2,1-4H3. The summed E-state index contributed by atoms with van der Waals surface area (Å²) < 4.78 is 0. The summed E-state index contributed by atoms with van der Waals surface area (Å²) in [6.07, 6.45) is 4.06. The zero-order chi connectivity index (χ0) is 12.0. The molecule has 96 valence electrons. The molecule has 0 aromatic carbocycles. The maximum atomic E-state index is 3.52. The lowest BCUT2D eigenvalue weighted by Gasteiger charge is -2.36. The van der Waals surface area contributed by atoms with Gasteiger partial charge in [0, 0.05) is 12.6 Å². The predicted octanol–water partition coefficient (Wildman–Crippen LogP) is 2.74. The number of nitrogens with zero attached hydrogens (tertiary/aromatic N) is 1. The maximum Gasteiger partial charge on any atom is 0.0116 e. The summed E-state index contributed by atoms with van der Waals surface area (Å²) in [7, 11) is 0. The molecule has 1 N–H and O–H groups in total. The van der Waals surface area contributed by atoms with E-state index in [0.717, 1.165) is 17.9 Å². The van der Waals surface area contributed by atoms with Crippen molar-refractivity contribution in [1.29, 1.82) is 0 Å². The van der Waals surface area contributed by atoms with E-state index in [2.05, 4.69) is 37.9 Å². The first kappa shape index (κ1) is 14.0. The zero-order valence-electron chi connectivity index (χ0n) is 11.6. The summed E-state index contributed by atoms with van der Waals surface area (Å²) in [6, 6.07) is 0.770. The highest BCUT2D eigenvalue weighted by Crippen LogP contribution is 2.18. The Hall–Kier alpha value is -0.0800. The largest absolute Gasteiger partial charge is 0.316 e. The van der Waals surface area contributed by atoms with Gasteiger partial charge >= 0.3 is 0 Å². The molecule has 0 radical (unpaired) electrons. The lowest BCUT2D eigenvalue weighted by molar-refractivity contribution is 0.125. The van der Waals surface area contributed by atoms with Crippen LogP contribution in [0.5, 0.6) is 0 Å². The van der Waals surface area contributed by atoms with Gasteiger partial charge < -0.3 is 10.2 Å². The third-order valence-electron chi connectivity index (χ3n) is 3.95. The Morgan fingerprint density at radius 2 is 2.06 bits per heavy atom. The van der Waals surface area contributed by atoms with E-state index in [1.54, 1.807) is 0 Å². The molecule has 1 fully saturated rings. The van der Waals surface area contributed by atoms with Gasteiger partial charge in [0.05, 0.1) is 0 Å². The van der Waals surface area contributed by atoms with E-state index in [1.807, 2.05) is 0 Å². The Kier molecular flexibility index (Phi) is 6.37. The van der Waals surface area contributed by atoms with E-state index in [0.29, 0.717) is 0 Å². The Balaban J connectivity index is 2.45. The SMILES string of the molecule is CCC(C(C)C)N(CC)CC1CCCNC1. The number of rotatable bonds is 6. The molecular formula is C14H30N2. The average molecular weight is 226 g/mol. The van der Waals surface area contributed by atoms with Crippen LogP contribution in [0.1, 0.15) is 47.0 Å². The van der Waals surface area contributed by atoms with Crippen molar-refractivity contribution in [2.45, 2.75) is 53.0 Å². The van der Waals surface area contributed by atoms with Gasteiger partial charge in [-0.1, -0.05) is 27.7 Å². The second-order valence-corrected chi connectivity index (χ2v) is 5.52. The third-order valence-corrected chi connectivity index (χ3v) is 3.95. The molecule has 0 aromatic heterocycles. The third kappa shape index (κ3) is 4.06. The van der Waals surface area contributed by atoms with Crippen molar-refractivity contribution in [3.05, 3.63) is 0 Å². The van der Waals surface area contributed by atoms with Crippen LogP contribution >= 0.6 is 0 Å². The smallest absolute Gasteiger partial charge is 0.0116 e. The summed E-state index contributed by atoms with van der Waals surface area (Å²) >= 11 is 0. The summed E-state index contributed by atoms with van der Waals surface area (Å²) in [5.41, 5.74) is 0. The topological polar surface area (TPSA) is 15.3 Å². The van der Waals surface area contributed by atoms with Gasteiger partial charge in [-0.25, -0.2) is 0 Å². The number of nitrogens with one attached hydrogen (secondary N) is 1. The molecule has 0 saturated carbocycles. The van der Waals surface area contributed by atoms with Gasteiger partial charge in [0.1, 0.15) is 0 Å².